The minimum absolute atomic E-state index is 0.635. The van der Waals surface area contributed by atoms with Crippen molar-refractivity contribution in [2.45, 2.75) is 4.34 Å². The number of benzene rings is 1. The molecule has 0 atom stereocenters. The molecule has 0 N–H and O–H groups in total. The van der Waals surface area contributed by atoms with Crippen LogP contribution in [0.3, 0.4) is 0 Å². The highest BCUT2D eigenvalue weighted by Gasteiger charge is 2.08. The Hall–Kier alpha value is -0.100. The van der Waals surface area contributed by atoms with E-state index in [1.807, 2.05) is 18.2 Å². The van der Waals surface area contributed by atoms with Crippen molar-refractivity contribution >= 4 is 51.5 Å². The molecule has 0 bridgehead atoms. The van der Waals surface area contributed by atoms with Crippen LogP contribution in [0.15, 0.2) is 27.0 Å². The van der Waals surface area contributed by atoms with Gasteiger partial charge in [-0.05, 0) is 18.2 Å². The van der Waals surface area contributed by atoms with E-state index in [0.717, 1.165) is 15.0 Å². The molecule has 1 aromatic heterocycles. The highest BCUT2D eigenvalue weighted by Crippen LogP contribution is 2.33. The Balaban J connectivity index is 2.55. The van der Waals surface area contributed by atoms with Crippen molar-refractivity contribution in [3.8, 4) is 10.6 Å². The van der Waals surface area contributed by atoms with Crippen molar-refractivity contribution in [1.82, 2.24) is 10.2 Å². The third kappa shape index (κ3) is 2.11. The van der Waals surface area contributed by atoms with Gasteiger partial charge in [-0.1, -0.05) is 38.9 Å². The van der Waals surface area contributed by atoms with Gasteiger partial charge in [0.25, 0.3) is 0 Å². The molecule has 0 aliphatic heterocycles. The first kappa shape index (κ1) is 10.4. The lowest BCUT2D eigenvalue weighted by atomic mass is 10.2. The van der Waals surface area contributed by atoms with E-state index in [-0.39, 0.29) is 0 Å². The zero-order valence-electron chi connectivity index (χ0n) is 6.74. The first-order chi connectivity index (χ1) is 6.66. The van der Waals surface area contributed by atoms with E-state index in [9.17, 15) is 0 Å². The molecule has 2 nitrogen and oxygen atoms in total. The van der Waals surface area contributed by atoms with Crippen LogP contribution in [0.5, 0.6) is 0 Å². The molecule has 0 spiro atoms. The predicted octanol–water partition coefficient (Wildman–Crippen LogP) is 3.91. The van der Waals surface area contributed by atoms with E-state index in [1.54, 1.807) is 0 Å². The third-order valence-corrected chi connectivity index (χ3v) is 3.52. The number of halogens is 2. The second kappa shape index (κ2) is 4.18. The van der Waals surface area contributed by atoms with Crippen molar-refractivity contribution in [2.24, 2.45) is 0 Å². The van der Waals surface area contributed by atoms with Crippen molar-refractivity contribution < 1.29 is 0 Å². The number of hydrogen-bond acceptors (Lipinski definition) is 4. The van der Waals surface area contributed by atoms with Crippen LogP contribution in [-0.4, -0.2) is 10.2 Å². The maximum atomic E-state index is 6.03. The molecule has 14 heavy (non-hydrogen) atoms. The van der Waals surface area contributed by atoms with Gasteiger partial charge < -0.3 is 0 Å². The molecule has 2 aromatic rings. The second-order valence-corrected chi connectivity index (χ2v) is 5.54. The summed E-state index contributed by atoms with van der Waals surface area (Å²) in [5.74, 6) is 0. The third-order valence-electron chi connectivity index (χ3n) is 1.57. The van der Waals surface area contributed by atoms with Crippen LogP contribution in [0.2, 0.25) is 5.02 Å². The van der Waals surface area contributed by atoms with Gasteiger partial charge in [-0.25, -0.2) is 0 Å². The van der Waals surface area contributed by atoms with Crippen molar-refractivity contribution in [2.75, 3.05) is 0 Å². The summed E-state index contributed by atoms with van der Waals surface area (Å²) in [7, 11) is 0. The largest absolute Gasteiger partial charge is 0.171 e. The Morgan fingerprint density at radius 3 is 2.79 bits per heavy atom. The van der Waals surface area contributed by atoms with Crippen molar-refractivity contribution in [3.63, 3.8) is 0 Å². The lowest BCUT2D eigenvalue weighted by molar-refractivity contribution is 1.02. The molecule has 0 radical (unpaired) electrons. The molecular formula is C8H4BrClN2S2. The van der Waals surface area contributed by atoms with Crippen LogP contribution in [-0.2, 0) is 0 Å². The Morgan fingerprint density at radius 2 is 2.14 bits per heavy atom. The monoisotopic (exact) mass is 306 g/mol. The van der Waals surface area contributed by atoms with Crippen LogP contribution < -0.4 is 0 Å². The molecule has 1 heterocycles. The highest BCUT2D eigenvalue weighted by atomic mass is 79.9. The number of hydrogen-bond donors (Lipinski definition) is 1. The standard InChI is InChI=1S/C8H4BrClN2S2/c9-4-1-2-6(10)5(3-4)7-11-12-8(13)14-7/h1-3H,(H,12,13). The topological polar surface area (TPSA) is 25.8 Å². The lowest BCUT2D eigenvalue weighted by Crippen LogP contribution is -1.78. The van der Waals surface area contributed by atoms with Crippen LogP contribution in [0.1, 0.15) is 0 Å². The Morgan fingerprint density at radius 1 is 1.36 bits per heavy atom. The van der Waals surface area contributed by atoms with Gasteiger partial charge >= 0.3 is 0 Å². The van der Waals surface area contributed by atoms with Gasteiger partial charge in [-0.15, -0.1) is 22.8 Å². The average Bonchev–Trinajstić information content (AvgIpc) is 2.56. The van der Waals surface area contributed by atoms with Crippen molar-refractivity contribution in [1.29, 1.82) is 0 Å². The zero-order valence-corrected chi connectivity index (χ0v) is 10.8. The van der Waals surface area contributed by atoms with E-state index in [0.29, 0.717) is 9.36 Å². The summed E-state index contributed by atoms with van der Waals surface area (Å²) in [6.45, 7) is 0. The van der Waals surface area contributed by atoms with Gasteiger partial charge in [0.05, 0.1) is 5.02 Å². The fourth-order valence-electron chi connectivity index (χ4n) is 0.986. The molecule has 0 unspecified atom stereocenters. The minimum atomic E-state index is 0.635. The molecular weight excluding hydrogens is 304 g/mol. The molecule has 0 saturated heterocycles. The summed E-state index contributed by atoms with van der Waals surface area (Å²) in [6, 6.07) is 5.62. The van der Waals surface area contributed by atoms with E-state index >= 15 is 0 Å². The number of rotatable bonds is 1. The number of nitrogens with zero attached hydrogens (tertiary/aromatic N) is 2. The summed E-state index contributed by atoms with van der Waals surface area (Å²) in [5, 5.41) is 9.24. The number of thiol groups is 1. The van der Waals surface area contributed by atoms with E-state index in [4.69, 9.17) is 11.6 Å². The smallest absolute Gasteiger partial charge is 0.137 e. The minimum Gasteiger partial charge on any atom is -0.137 e. The first-order valence-electron chi connectivity index (χ1n) is 3.65. The quantitative estimate of drug-likeness (QED) is 0.808. The fourth-order valence-corrected chi connectivity index (χ4v) is 2.53. The van der Waals surface area contributed by atoms with Crippen LogP contribution in [0.4, 0.5) is 0 Å². The molecule has 0 saturated carbocycles. The summed E-state index contributed by atoms with van der Waals surface area (Å²) in [5.41, 5.74) is 0.874. The Labute approximate surface area is 104 Å². The normalized spacial score (nSPS) is 10.5. The van der Waals surface area contributed by atoms with Crippen LogP contribution >= 0.6 is 51.5 Å². The van der Waals surface area contributed by atoms with Crippen molar-refractivity contribution in [3.05, 3.63) is 27.7 Å². The lowest BCUT2D eigenvalue weighted by Gasteiger charge is -1.99. The summed E-state index contributed by atoms with van der Waals surface area (Å²) in [6.07, 6.45) is 0. The summed E-state index contributed by atoms with van der Waals surface area (Å²) < 4.78 is 1.60. The van der Waals surface area contributed by atoms with Gasteiger partial charge in [-0.3, -0.25) is 0 Å². The first-order valence-corrected chi connectivity index (χ1v) is 6.08. The van der Waals surface area contributed by atoms with Gasteiger partial charge in [0.1, 0.15) is 5.01 Å². The van der Waals surface area contributed by atoms with Gasteiger partial charge in [-0.2, -0.15) is 0 Å². The van der Waals surface area contributed by atoms with E-state index < -0.39 is 0 Å². The zero-order chi connectivity index (χ0) is 10.1. The van der Waals surface area contributed by atoms with Crippen LogP contribution in [0, 0.1) is 0 Å². The van der Waals surface area contributed by atoms with E-state index in [2.05, 4.69) is 38.8 Å². The maximum Gasteiger partial charge on any atom is 0.171 e. The predicted molar refractivity (Wildman–Crippen MR) is 65.3 cm³/mol. The summed E-state index contributed by atoms with van der Waals surface area (Å²) >= 11 is 14.9. The number of aromatic nitrogens is 2. The molecule has 72 valence electrons. The average molecular weight is 308 g/mol. The molecule has 6 heteroatoms. The van der Waals surface area contributed by atoms with Gasteiger partial charge in [0.2, 0.25) is 0 Å². The molecule has 2 rings (SSSR count). The van der Waals surface area contributed by atoms with E-state index in [1.165, 1.54) is 11.3 Å². The molecule has 0 aliphatic carbocycles. The fraction of sp³-hybridized carbons (Fsp3) is 0. The molecule has 0 amide bonds. The Kier molecular flexibility index (Phi) is 3.11. The Bertz CT molecular complexity index is 472. The highest BCUT2D eigenvalue weighted by molar-refractivity contribution is 9.10. The van der Waals surface area contributed by atoms with Gasteiger partial charge in [0.15, 0.2) is 4.34 Å². The SMILES string of the molecule is Sc1nnc(-c2cc(Br)ccc2Cl)s1. The second-order valence-electron chi connectivity index (χ2n) is 2.51. The molecule has 0 aliphatic rings. The van der Waals surface area contributed by atoms with Gasteiger partial charge in [0, 0.05) is 10.0 Å². The molecule has 1 aromatic carbocycles. The molecule has 0 fully saturated rings. The summed E-state index contributed by atoms with van der Waals surface area (Å²) in [4.78, 5) is 0. The maximum absolute atomic E-state index is 6.03. The van der Waals surface area contributed by atoms with Crippen LogP contribution in [0.25, 0.3) is 10.6 Å².